The van der Waals surface area contributed by atoms with Crippen LogP contribution in [0, 0.1) is 11.7 Å². The van der Waals surface area contributed by atoms with Gasteiger partial charge >= 0.3 is 0 Å². The summed E-state index contributed by atoms with van der Waals surface area (Å²) in [5, 5.41) is 0.178. The van der Waals surface area contributed by atoms with Crippen LogP contribution in [0.2, 0.25) is 18.1 Å². The molecule has 5 heteroatoms. The molecule has 0 aromatic heterocycles. The largest absolute Gasteiger partial charge is 0.486 e. The molecule has 1 aromatic rings. The maximum Gasteiger partial charge on any atom is 0.191 e. The highest BCUT2D eigenvalue weighted by Gasteiger charge is 2.38. The summed E-state index contributed by atoms with van der Waals surface area (Å²) in [4.78, 5) is 11.0. The highest BCUT2D eigenvalue weighted by atomic mass is 28.4. The Bertz CT molecular complexity index is 620. The summed E-state index contributed by atoms with van der Waals surface area (Å²) in [6.07, 6.45) is 1.51. The van der Waals surface area contributed by atoms with E-state index in [-0.39, 0.29) is 23.2 Å². The highest BCUT2D eigenvalue weighted by Crippen LogP contribution is 2.38. The molecule has 0 bridgehead atoms. The first-order valence-electron chi connectivity index (χ1n) is 8.57. The molecule has 0 N–H and O–H groups in total. The number of fused-ring (bicyclic) bond motifs is 1. The van der Waals surface area contributed by atoms with E-state index in [1.54, 1.807) is 0 Å². The molecule has 24 heavy (non-hydrogen) atoms. The second-order valence-electron chi connectivity index (χ2n) is 8.38. The van der Waals surface area contributed by atoms with E-state index < -0.39 is 8.32 Å². The molecular formula is C19H29FO3Si. The number of ether oxygens (including phenoxy) is 1. The van der Waals surface area contributed by atoms with E-state index in [0.29, 0.717) is 24.7 Å². The number of carbonyl (C=O) groups excluding carboxylic acids is 1. The fraction of sp³-hybridized carbons (Fsp3) is 0.632. The number of hydrogen-bond acceptors (Lipinski definition) is 3. The lowest BCUT2D eigenvalue weighted by Crippen LogP contribution is -2.42. The van der Waals surface area contributed by atoms with Gasteiger partial charge in [0.2, 0.25) is 0 Å². The van der Waals surface area contributed by atoms with Gasteiger partial charge in [0.15, 0.2) is 14.1 Å². The summed E-state index contributed by atoms with van der Waals surface area (Å²) in [5.74, 6) is 0.441. The first kappa shape index (κ1) is 19.1. The van der Waals surface area contributed by atoms with Gasteiger partial charge in [-0.25, -0.2) is 4.39 Å². The van der Waals surface area contributed by atoms with Crippen molar-refractivity contribution in [2.75, 3.05) is 13.2 Å². The molecule has 134 valence electrons. The Hall–Kier alpha value is -1.20. The Morgan fingerprint density at radius 2 is 1.96 bits per heavy atom. The molecule has 2 rings (SSSR count). The Labute approximate surface area is 145 Å². The van der Waals surface area contributed by atoms with Crippen LogP contribution >= 0.6 is 0 Å². The van der Waals surface area contributed by atoms with Crippen LogP contribution in [-0.2, 0) is 22.1 Å². The van der Waals surface area contributed by atoms with Crippen molar-refractivity contribution in [2.24, 2.45) is 5.92 Å². The van der Waals surface area contributed by atoms with Crippen molar-refractivity contribution in [3.05, 3.63) is 29.1 Å². The van der Waals surface area contributed by atoms with Gasteiger partial charge in [-0.3, -0.25) is 4.79 Å². The molecule has 0 amide bonds. The van der Waals surface area contributed by atoms with E-state index in [9.17, 15) is 9.18 Å². The van der Waals surface area contributed by atoms with Gasteiger partial charge in [0.1, 0.15) is 18.2 Å². The van der Waals surface area contributed by atoms with Crippen LogP contribution in [0.4, 0.5) is 4.39 Å². The molecule has 0 heterocycles. The van der Waals surface area contributed by atoms with Gasteiger partial charge in [-0.1, -0.05) is 20.8 Å². The van der Waals surface area contributed by atoms with Gasteiger partial charge < -0.3 is 9.16 Å². The maximum atomic E-state index is 14.3. The van der Waals surface area contributed by atoms with Crippen LogP contribution in [0.1, 0.15) is 38.8 Å². The van der Waals surface area contributed by atoms with Crippen LogP contribution in [0.5, 0.6) is 5.75 Å². The number of carbonyl (C=O) groups is 1. The van der Waals surface area contributed by atoms with Crippen LogP contribution in [0.25, 0.3) is 0 Å². The van der Waals surface area contributed by atoms with Crippen molar-refractivity contribution in [1.82, 2.24) is 0 Å². The molecule has 0 saturated heterocycles. The molecule has 1 aliphatic carbocycles. The first-order chi connectivity index (χ1) is 11.0. The second-order valence-corrected chi connectivity index (χ2v) is 13.2. The van der Waals surface area contributed by atoms with E-state index in [2.05, 4.69) is 33.9 Å². The quantitative estimate of drug-likeness (QED) is 0.706. The minimum Gasteiger partial charge on any atom is -0.486 e. The van der Waals surface area contributed by atoms with Crippen molar-refractivity contribution in [1.29, 1.82) is 0 Å². The summed E-state index contributed by atoms with van der Waals surface area (Å²) in [6.45, 7) is 13.3. The number of halogens is 1. The van der Waals surface area contributed by atoms with Gasteiger partial charge in [-0.05, 0) is 61.0 Å². The highest BCUT2D eigenvalue weighted by molar-refractivity contribution is 6.74. The number of Topliss-reactive ketones (excluding diaryl/α,β-unsaturated/α-hetero) is 1. The zero-order chi connectivity index (χ0) is 18.1. The zero-order valence-corrected chi connectivity index (χ0v) is 16.7. The molecule has 1 atom stereocenters. The summed E-state index contributed by atoms with van der Waals surface area (Å²) in [7, 11) is -1.78. The molecule has 0 spiro atoms. The van der Waals surface area contributed by atoms with Crippen LogP contribution in [0.15, 0.2) is 12.1 Å². The van der Waals surface area contributed by atoms with E-state index >= 15 is 0 Å². The average molecular weight is 353 g/mol. The van der Waals surface area contributed by atoms with E-state index in [1.165, 1.54) is 13.0 Å². The molecule has 0 fully saturated rings. The molecule has 3 nitrogen and oxygen atoms in total. The van der Waals surface area contributed by atoms with Gasteiger partial charge in [0.25, 0.3) is 0 Å². The Balaban J connectivity index is 2.01. The molecule has 1 aliphatic rings. The normalized spacial score (nSPS) is 17.7. The smallest absolute Gasteiger partial charge is 0.191 e. The molecule has 1 aromatic carbocycles. The summed E-state index contributed by atoms with van der Waals surface area (Å²) in [6, 6.07) is 3.26. The lowest BCUT2D eigenvalue weighted by Gasteiger charge is -2.37. The van der Waals surface area contributed by atoms with Crippen molar-refractivity contribution >= 4 is 14.1 Å². The lowest BCUT2D eigenvalue weighted by atomic mass is 10.1. The fourth-order valence-electron chi connectivity index (χ4n) is 2.68. The predicted octanol–water partition coefficient (Wildman–Crippen LogP) is 4.53. The minimum absolute atomic E-state index is 0.0177. The Morgan fingerprint density at radius 3 is 2.54 bits per heavy atom. The lowest BCUT2D eigenvalue weighted by molar-refractivity contribution is -0.118. The monoisotopic (exact) mass is 352 g/mol. The summed E-state index contributed by atoms with van der Waals surface area (Å²) in [5.41, 5.74) is 1.76. The maximum absolute atomic E-state index is 14.3. The Kier molecular flexibility index (Phi) is 5.55. The van der Waals surface area contributed by atoms with E-state index in [1.807, 2.05) is 6.07 Å². The molecule has 0 saturated carbocycles. The third kappa shape index (κ3) is 4.45. The first-order valence-corrected chi connectivity index (χ1v) is 11.5. The Morgan fingerprint density at radius 1 is 1.29 bits per heavy atom. The molecule has 1 unspecified atom stereocenters. The third-order valence-electron chi connectivity index (χ3n) is 5.19. The minimum atomic E-state index is -1.78. The summed E-state index contributed by atoms with van der Waals surface area (Å²) >= 11 is 0. The summed E-state index contributed by atoms with van der Waals surface area (Å²) < 4.78 is 26.0. The van der Waals surface area contributed by atoms with Crippen LogP contribution in [-0.4, -0.2) is 27.3 Å². The van der Waals surface area contributed by atoms with Crippen molar-refractivity contribution in [2.45, 2.75) is 58.7 Å². The zero-order valence-electron chi connectivity index (χ0n) is 15.7. The van der Waals surface area contributed by atoms with Crippen molar-refractivity contribution in [3.8, 4) is 5.75 Å². The number of ketones is 1. The average Bonchev–Trinajstić information content (AvgIpc) is 2.85. The van der Waals surface area contributed by atoms with E-state index in [4.69, 9.17) is 9.16 Å². The van der Waals surface area contributed by atoms with Gasteiger partial charge in [-0.15, -0.1) is 0 Å². The number of rotatable bonds is 6. The molecule has 0 aliphatic heterocycles. The molecular weight excluding hydrogens is 323 g/mol. The standard InChI is InChI=1S/C19H29FO3Si/c1-13(21)11-22-16-9-15-7-14(8-17(15)18(20)10-16)12-23-24(5,6)19(2,3)4/h9-10,14H,7-8,11-12H2,1-6H3. The van der Waals surface area contributed by atoms with Crippen molar-refractivity contribution in [3.63, 3.8) is 0 Å². The SMILES string of the molecule is CC(=O)COc1cc(F)c2c(c1)CC(CO[Si](C)(C)C(C)(C)C)C2. The van der Waals surface area contributed by atoms with Crippen molar-refractivity contribution < 1.29 is 18.3 Å². The second kappa shape index (κ2) is 6.96. The fourth-order valence-corrected chi connectivity index (χ4v) is 3.76. The van der Waals surface area contributed by atoms with Gasteiger partial charge in [0.05, 0.1) is 0 Å². The van der Waals surface area contributed by atoms with E-state index in [0.717, 1.165) is 17.5 Å². The number of benzene rings is 1. The number of hydrogen-bond donors (Lipinski definition) is 0. The molecule has 0 radical (unpaired) electrons. The van der Waals surface area contributed by atoms with Crippen LogP contribution < -0.4 is 4.74 Å². The van der Waals surface area contributed by atoms with Gasteiger partial charge in [0, 0.05) is 12.7 Å². The van der Waals surface area contributed by atoms with Crippen LogP contribution in [0.3, 0.4) is 0 Å². The predicted molar refractivity (Wildman–Crippen MR) is 96.6 cm³/mol. The third-order valence-corrected chi connectivity index (χ3v) is 9.69. The topological polar surface area (TPSA) is 35.5 Å². The van der Waals surface area contributed by atoms with Gasteiger partial charge in [-0.2, -0.15) is 0 Å².